The van der Waals surface area contributed by atoms with Crippen LogP contribution in [0.1, 0.15) is 65.5 Å². The summed E-state index contributed by atoms with van der Waals surface area (Å²) in [6.07, 6.45) is 1.71. The Bertz CT molecular complexity index is 1050. The number of fused-ring (bicyclic) bond motifs is 1. The maximum Gasteiger partial charge on any atom is 0.258 e. The zero-order chi connectivity index (χ0) is 25.5. The van der Waals surface area contributed by atoms with Gasteiger partial charge in [-0.2, -0.15) is 0 Å². The Balaban J connectivity index is 1.68. The molecule has 0 fully saturated rings. The maximum atomic E-state index is 13.3. The van der Waals surface area contributed by atoms with Crippen LogP contribution in [0.2, 0.25) is 0 Å². The number of ether oxygens (including phenoxy) is 1. The number of rotatable bonds is 11. The van der Waals surface area contributed by atoms with Gasteiger partial charge >= 0.3 is 0 Å². The lowest BCUT2D eigenvalue weighted by molar-refractivity contribution is 0.0748. The molecule has 2 aromatic carbocycles. The molecule has 35 heavy (non-hydrogen) atoms. The number of aromatic hydroxyl groups is 2. The molecule has 2 aromatic rings. The van der Waals surface area contributed by atoms with Gasteiger partial charge in [-0.25, -0.2) is 0 Å². The Hall–Kier alpha value is -3.26. The number of amides is 2. The van der Waals surface area contributed by atoms with E-state index in [9.17, 15) is 19.8 Å². The van der Waals surface area contributed by atoms with E-state index in [-0.39, 0.29) is 22.6 Å². The summed E-state index contributed by atoms with van der Waals surface area (Å²) in [4.78, 5) is 31.4. The Morgan fingerprint density at radius 1 is 0.943 bits per heavy atom. The second-order valence-corrected chi connectivity index (χ2v) is 8.93. The van der Waals surface area contributed by atoms with E-state index in [0.29, 0.717) is 26.2 Å². The third-order valence-corrected chi connectivity index (χ3v) is 6.45. The minimum absolute atomic E-state index is 0.000732. The van der Waals surface area contributed by atoms with E-state index in [4.69, 9.17) is 4.74 Å². The number of hydrogen-bond acceptors (Lipinski definition) is 6. The van der Waals surface area contributed by atoms with Gasteiger partial charge in [0.1, 0.15) is 17.2 Å². The lowest BCUT2D eigenvalue weighted by atomic mass is 10.1. The fourth-order valence-corrected chi connectivity index (χ4v) is 4.36. The molecule has 0 spiro atoms. The molecule has 0 saturated heterocycles. The van der Waals surface area contributed by atoms with Gasteiger partial charge in [0.15, 0.2) is 0 Å². The van der Waals surface area contributed by atoms with E-state index in [2.05, 4.69) is 18.7 Å². The molecule has 0 radical (unpaired) electrons. The summed E-state index contributed by atoms with van der Waals surface area (Å²) in [5.74, 6) is -0.717. The average Bonchev–Trinajstić information content (AvgIpc) is 3.27. The van der Waals surface area contributed by atoms with Crippen LogP contribution in [0.5, 0.6) is 17.2 Å². The molecular formula is C27H37N3O5. The molecule has 0 aliphatic carbocycles. The van der Waals surface area contributed by atoms with Gasteiger partial charge in [0.2, 0.25) is 0 Å². The van der Waals surface area contributed by atoms with Crippen molar-refractivity contribution >= 4 is 11.8 Å². The molecule has 0 saturated carbocycles. The highest BCUT2D eigenvalue weighted by atomic mass is 16.5. The Kier molecular flexibility index (Phi) is 8.98. The van der Waals surface area contributed by atoms with Crippen molar-refractivity contribution in [3.05, 3.63) is 52.6 Å². The molecule has 1 aliphatic rings. The van der Waals surface area contributed by atoms with E-state index < -0.39 is 11.8 Å². The van der Waals surface area contributed by atoms with Crippen molar-refractivity contribution in [2.75, 3.05) is 39.8 Å². The summed E-state index contributed by atoms with van der Waals surface area (Å²) >= 11 is 0. The van der Waals surface area contributed by atoms with Crippen molar-refractivity contribution in [1.29, 1.82) is 0 Å². The third-order valence-electron chi connectivity index (χ3n) is 6.45. The van der Waals surface area contributed by atoms with Crippen LogP contribution in [0.15, 0.2) is 30.3 Å². The summed E-state index contributed by atoms with van der Waals surface area (Å²) in [6, 6.07) is 8.20. The zero-order valence-electron chi connectivity index (χ0n) is 21.2. The lowest BCUT2D eigenvalue weighted by Crippen LogP contribution is -2.29. The highest BCUT2D eigenvalue weighted by Gasteiger charge is 2.28. The molecule has 0 bridgehead atoms. The topological polar surface area (TPSA) is 93.6 Å². The Morgan fingerprint density at radius 2 is 1.63 bits per heavy atom. The van der Waals surface area contributed by atoms with Crippen molar-refractivity contribution in [1.82, 2.24) is 14.7 Å². The van der Waals surface area contributed by atoms with Crippen molar-refractivity contribution < 1.29 is 24.5 Å². The van der Waals surface area contributed by atoms with E-state index in [1.807, 2.05) is 25.1 Å². The molecule has 0 unspecified atom stereocenters. The van der Waals surface area contributed by atoms with Crippen LogP contribution in [0.25, 0.3) is 0 Å². The van der Waals surface area contributed by atoms with Crippen molar-refractivity contribution in [2.24, 2.45) is 0 Å². The van der Waals surface area contributed by atoms with Crippen LogP contribution in [-0.4, -0.2) is 76.6 Å². The summed E-state index contributed by atoms with van der Waals surface area (Å²) in [6.45, 7) is 11.2. The molecular weight excluding hydrogens is 446 g/mol. The minimum atomic E-state index is -0.397. The van der Waals surface area contributed by atoms with Gasteiger partial charge in [0.05, 0.1) is 17.7 Å². The average molecular weight is 484 g/mol. The van der Waals surface area contributed by atoms with Crippen LogP contribution >= 0.6 is 0 Å². The summed E-state index contributed by atoms with van der Waals surface area (Å²) < 4.78 is 5.93. The third kappa shape index (κ3) is 6.25. The molecule has 1 heterocycles. The van der Waals surface area contributed by atoms with Crippen LogP contribution in [0, 0.1) is 0 Å². The molecule has 0 atom stereocenters. The normalized spacial score (nSPS) is 12.7. The van der Waals surface area contributed by atoms with E-state index >= 15 is 0 Å². The number of phenols is 2. The fourth-order valence-electron chi connectivity index (χ4n) is 4.36. The van der Waals surface area contributed by atoms with Gasteiger partial charge in [0, 0.05) is 39.3 Å². The number of phenolic OH excluding ortho intramolecular Hbond substituents is 2. The second-order valence-electron chi connectivity index (χ2n) is 8.93. The number of nitrogens with zero attached hydrogens (tertiary/aromatic N) is 3. The molecule has 1 aliphatic heterocycles. The highest BCUT2D eigenvalue weighted by molar-refractivity contribution is 6.03. The summed E-state index contributed by atoms with van der Waals surface area (Å²) in [5.41, 5.74) is 2.01. The SMILES string of the molecule is CCCN(C)C(=O)c1cc(C(=O)N2Cc3ccc(OCCCN(CC)CC)cc3C2)c(O)cc1O. The monoisotopic (exact) mass is 483 g/mol. The van der Waals surface area contributed by atoms with Gasteiger partial charge in [-0.15, -0.1) is 0 Å². The molecule has 2 amide bonds. The Labute approximate surface area is 207 Å². The van der Waals surface area contributed by atoms with E-state index in [1.54, 1.807) is 11.9 Å². The quantitative estimate of drug-likeness (QED) is 0.472. The zero-order valence-corrected chi connectivity index (χ0v) is 21.2. The first-order valence-electron chi connectivity index (χ1n) is 12.4. The van der Waals surface area contributed by atoms with Crippen LogP contribution in [-0.2, 0) is 13.1 Å². The number of benzene rings is 2. The highest BCUT2D eigenvalue weighted by Crippen LogP contribution is 2.33. The fraction of sp³-hybridized carbons (Fsp3) is 0.481. The minimum Gasteiger partial charge on any atom is -0.507 e. The van der Waals surface area contributed by atoms with Gasteiger partial charge in [-0.1, -0.05) is 26.8 Å². The molecule has 8 heteroatoms. The lowest BCUT2D eigenvalue weighted by Gasteiger charge is -2.20. The van der Waals surface area contributed by atoms with Crippen molar-refractivity contribution in [2.45, 2.75) is 46.7 Å². The molecule has 3 rings (SSSR count). The van der Waals surface area contributed by atoms with Gasteiger partial charge < -0.3 is 29.6 Å². The number of carbonyl (C=O) groups is 2. The molecule has 0 aromatic heterocycles. The van der Waals surface area contributed by atoms with E-state index in [1.165, 1.54) is 11.0 Å². The maximum absolute atomic E-state index is 13.3. The number of hydrogen-bond donors (Lipinski definition) is 2. The first-order chi connectivity index (χ1) is 16.8. The Morgan fingerprint density at radius 3 is 2.31 bits per heavy atom. The van der Waals surface area contributed by atoms with Crippen LogP contribution in [0.4, 0.5) is 0 Å². The van der Waals surface area contributed by atoms with Gasteiger partial charge in [0.25, 0.3) is 11.8 Å². The standard InChI is InChI=1S/C27H37N3O5/c1-5-11-28(4)26(33)22-15-23(25(32)16-24(22)31)27(34)30-17-19-9-10-21(14-20(19)18-30)35-13-8-12-29(6-2)7-3/h9-10,14-16,31-32H,5-8,11-13,17-18H2,1-4H3. The first kappa shape index (κ1) is 26.3. The first-order valence-corrected chi connectivity index (χ1v) is 12.4. The smallest absolute Gasteiger partial charge is 0.258 e. The van der Waals surface area contributed by atoms with Crippen LogP contribution < -0.4 is 4.74 Å². The predicted octanol–water partition coefficient (Wildman–Crippen LogP) is 3.85. The van der Waals surface area contributed by atoms with Crippen molar-refractivity contribution in [3.8, 4) is 17.2 Å². The summed E-state index contributed by atoms with van der Waals surface area (Å²) in [7, 11) is 1.64. The molecule has 190 valence electrons. The van der Waals surface area contributed by atoms with Gasteiger partial charge in [-0.05, 0) is 55.3 Å². The number of carbonyl (C=O) groups excluding carboxylic acids is 2. The molecule has 8 nitrogen and oxygen atoms in total. The van der Waals surface area contributed by atoms with E-state index in [0.717, 1.165) is 55.4 Å². The largest absolute Gasteiger partial charge is 0.507 e. The molecule has 2 N–H and O–H groups in total. The predicted molar refractivity (Wildman–Crippen MR) is 135 cm³/mol. The second kappa shape index (κ2) is 11.9. The summed E-state index contributed by atoms with van der Waals surface area (Å²) in [5, 5.41) is 20.6. The van der Waals surface area contributed by atoms with Gasteiger partial charge in [-0.3, -0.25) is 9.59 Å². The van der Waals surface area contributed by atoms with Crippen molar-refractivity contribution in [3.63, 3.8) is 0 Å². The van der Waals surface area contributed by atoms with Crippen LogP contribution in [0.3, 0.4) is 0 Å².